The molecule has 30 heavy (non-hydrogen) atoms. The van der Waals surface area contributed by atoms with Crippen LogP contribution in [-0.2, 0) is 27.8 Å². The molecule has 1 spiro atoms. The number of benzene rings is 1. The van der Waals surface area contributed by atoms with Crippen LogP contribution in [-0.4, -0.2) is 71.1 Å². The van der Waals surface area contributed by atoms with E-state index in [-0.39, 0.29) is 17.7 Å². The van der Waals surface area contributed by atoms with Crippen molar-refractivity contribution in [2.75, 3.05) is 39.9 Å². The van der Waals surface area contributed by atoms with Crippen LogP contribution < -0.4 is 0 Å². The third-order valence-electron chi connectivity index (χ3n) is 6.69. The molecular formula is C23H30N4O3. The molecule has 2 aromatic rings. The van der Waals surface area contributed by atoms with Crippen molar-refractivity contribution in [1.29, 1.82) is 0 Å². The van der Waals surface area contributed by atoms with Gasteiger partial charge in [-0.1, -0.05) is 24.3 Å². The van der Waals surface area contributed by atoms with E-state index < -0.39 is 5.41 Å². The summed E-state index contributed by atoms with van der Waals surface area (Å²) in [5.74, 6) is 0.117. The molecule has 0 saturated carbocycles. The molecule has 7 heteroatoms. The van der Waals surface area contributed by atoms with Crippen LogP contribution in [0.2, 0.25) is 0 Å². The summed E-state index contributed by atoms with van der Waals surface area (Å²) in [7, 11) is 3.58. The summed E-state index contributed by atoms with van der Waals surface area (Å²) in [6.45, 7) is 4.83. The summed E-state index contributed by atoms with van der Waals surface area (Å²) >= 11 is 0. The topological polar surface area (TPSA) is 67.7 Å². The van der Waals surface area contributed by atoms with Gasteiger partial charge in [-0.15, -0.1) is 0 Å². The molecule has 3 heterocycles. The van der Waals surface area contributed by atoms with Gasteiger partial charge in [-0.3, -0.25) is 9.59 Å². The van der Waals surface area contributed by atoms with Gasteiger partial charge < -0.3 is 19.1 Å². The lowest BCUT2D eigenvalue weighted by Crippen LogP contribution is -2.41. The number of carbonyl (C=O) groups excluding carboxylic acids is 2. The average molecular weight is 411 g/mol. The lowest BCUT2D eigenvalue weighted by atomic mass is 9.75. The van der Waals surface area contributed by atoms with Crippen molar-refractivity contribution in [3.63, 3.8) is 0 Å². The fraction of sp³-hybridized carbons (Fsp3) is 0.522. The van der Waals surface area contributed by atoms with Gasteiger partial charge in [0.25, 0.3) is 0 Å². The van der Waals surface area contributed by atoms with Crippen LogP contribution in [0.3, 0.4) is 0 Å². The number of ether oxygens (including phenoxy) is 1. The summed E-state index contributed by atoms with van der Waals surface area (Å²) in [6, 6.07) is 7.98. The molecule has 2 fully saturated rings. The molecule has 0 N–H and O–H groups in total. The van der Waals surface area contributed by atoms with Gasteiger partial charge in [-0.2, -0.15) is 0 Å². The molecule has 2 atom stereocenters. The molecule has 7 nitrogen and oxygen atoms in total. The molecule has 2 aliphatic rings. The molecule has 2 aliphatic heterocycles. The summed E-state index contributed by atoms with van der Waals surface area (Å²) in [6.07, 6.45) is 4.85. The Bertz CT molecular complexity index is 940. The molecule has 1 aromatic carbocycles. The van der Waals surface area contributed by atoms with Crippen molar-refractivity contribution in [2.24, 2.45) is 12.5 Å². The molecule has 0 unspecified atom stereocenters. The number of aromatic nitrogens is 2. The van der Waals surface area contributed by atoms with Crippen LogP contribution in [0.4, 0.5) is 0 Å². The number of aryl methyl sites for hydroxylation is 2. The van der Waals surface area contributed by atoms with E-state index >= 15 is 0 Å². The first-order valence-electron chi connectivity index (χ1n) is 10.5. The average Bonchev–Trinajstić information content (AvgIpc) is 3.41. The summed E-state index contributed by atoms with van der Waals surface area (Å²) < 4.78 is 7.09. The Kier molecular flexibility index (Phi) is 5.64. The van der Waals surface area contributed by atoms with Gasteiger partial charge in [0.05, 0.1) is 30.5 Å². The van der Waals surface area contributed by atoms with Crippen LogP contribution >= 0.6 is 0 Å². The number of amides is 2. The minimum Gasteiger partial charge on any atom is -0.383 e. The lowest BCUT2D eigenvalue weighted by Gasteiger charge is -2.27. The largest absolute Gasteiger partial charge is 0.383 e. The molecule has 2 amide bonds. The third kappa shape index (κ3) is 3.62. The maximum atomic E-state index is 13.5. The standard InChI is InChI=1S/C23H30N4O3/c1-17-6-4-5-7-18(17)12-21(28)27-13-19(20-14-25(2)16-24-20)23(15-27)8-9-26(22(23)29)10-11-30-3/h4-7,14,16,19H,8-13,15H2,1-3H3/t19-,23+/m0/s1. The quantitative estimate of drug-likeness (QED) is 0.728. The Morgan fingerprint density at radius 3 is 2.83 bits per heavy atom. The van der Waals surface area contributed by atoms with Crippen molar-refractivity contribution >= 4 is 11.8 Å². The predicted molar refractivity (Wildman–Crippen MR) is 113 cm³/mol. The molecule has 0 radical (unpaired) electrons. The van der Waals surface area contributed by atoms with E-state index in [4.69, 9.17) is 4.74 Å². The summed E-state index contributed by atoms with van der Waals surface area (Å²) in [5, 5.41) is 0. The van der Waals surface area contributed by atoms with Crippen molar-refractivity contribution in [3.8, 4) is 0 Å². The van der Waals surface area contributed by atoms with Gasteiger partial charge in [0.15, 0.2) is 0 Å². The number of imidazole rings is 1. The molecule has 160 valence electrons. The predicted octanol–water partition coefficient (Wildman–Crippen LogP) is 1.76. The first-order chi connectivity index (χ1) is 14.4. The van der Waals surface area contributed by atoms with Crippen molar-refractivity contribution in [1.82, 2.24) is 19.4 Å². The zero-order valence-electron chi connectivity index (χ0n) is 18.0. The van der Waals surface area contributed by atoms with Crippen LogP contribution in [0.5, 0.6) is 0 Å². The fourth-order valence-corrected chi connectivity index (χ4v) is 4.92. The Labute approximate surface area is 177 Å². The monoisotopic (exact) mass is 410 g/mol. The minimum absolute atomic E-state index is 0.0743. The maximum absolute atomic E-state index is 13.5. The fourth-order valence-electron chi connectivity index (χ4n) is 4.92. The van der Waals surface area contributed by atoms with E-state index in [9.17, 15) is 9.59 Å². The van der Waals surface area contributed by atoms with Gasteiger partial charge in [-0.05, 0) is 24.5 Å². The SMILES string of the molecule is COCCN1CC[C@]2(CN(C(=O)Cc3ccccc3C)C[C@H]2c2cn(C)cn2)C1=O. The Morgan fingerprint density at radius 1 is 1.33 bits per heavy atom. The molecular weight excluding hydrogens is 380 g/mol. The molecule has 0 bridgehead atoms. The van der Waals surface area contributed by atoms with E-state index in [1.807, 2.05) is 58.8 Å². The van der Waals surface area contributed by atoms with E-state index in [0.717, 1.165) is 23.2 Å². The van der Waals surface area contributed by atoms with Gasteiger partial charge >= 0.3 is 0 Å². The molecule has 2 saturated heterocycles. The zero-order valence-corrected chi connectivity index (χ0v) is 18.0. The lowest BCUT2D eigenvalue weighted by molar-refractivity contribution is -0.137. The number of likely N-dealkylation sites (tertiary alicyclic amines) is 2. The third-order valence-corrected chi connectivity index (χ3v) is 6.69. The van der Waals surface area contributed by atoms with Crippen LogP contribution in [0.25, 0.3) is 0 Å². The van der Waals surface area contributed by atoms with E-state index in [2.05, 4.69) is 4.98 Å². The first-order valence-corrected chi connectivity index (χ1v) is 10.5. The minimum atomic E-state index is -0.594. The van der Waals surface area contributed by atoms with E-state index in [1.165, 1.54) is 0 Å². The number of carbonyl (C=O) groups is 2. The van der Waals surface area contributed by atoms with Crippen LogP contribution in [0, 0.1) is 12.3 Å². The second kappa shape index (κ2) is 8.22. The summed E-state index contributed by atoms with van der Waals surface area (Å²) in [5.41, 5.74) is 2.45. The highest BCUT2D eigenvalue weighted by Crippen LogP contribution is 2.49. The zero-order chi connectivity index (χ0) is 21.3. The Morgan fingerprint density at radius 2 is 2.13 bits per heavy atom. The Balaban J connectivity index is 1.59. The van der Waals surface area contributed by atoms with E-state index in [0.29, 0.717) is 39.2 Å². The highest BCUT2D eigenvalue weighted by Gasteiger charge is 2.58. The molecule has 0 aliphatic carbocycles. The normalized spacial score (nSPS) is 23.7. The van der Waals surface area contributed by atoms with Crippen molar-refractivity contribution in [3.05, 3.63) is 53.6 Å². The van der Waals surface area contributed by atoms with Crippen LogP contribution in [0.1, 0.15) is 29.2 Å². The second-order valence-electron chi connectivity index (χ2n) is 8.59. The summed E-state index contributed by atoms with van der Waals surface area (Å²) in [4.78, 5) is 35.0. The van der Waals surface area contributed by atoms with Crippen molar-refractivity contribution in [2.45, 2.75) is 25.7 Å². The number of nitrogens with zero attached hydrogens (tertiary/aromatic N) is 4. The van der Waals surface area contributed by atoms with Crippen LogP contribution in [0.15, 0.2) is 36.8 Å². The maximum Gasteiger partial charge on any atom is 0.231 e. The first kappa shape index (κ1) is 20.6. The van der Waals surface area contributed by atoms with Crippen molar-refractivity contribution < 1.29 is 14.3 Å². The highest BCUT2D eigenvalue weighted by atomic mass is 16.5. The highest BCUT2D eigenvalue weighted by molar-refractivity contribution is 5.89. The Hall–Kier alpha value is -2.67. The van der Waals surface area contributed by atoms with Gasteiger partial charge in [0.2, 0.25) is 11.8 Å². The smallest absolute Gasteiger partial charge is 0.231 e. The number of hydrogen-bond acceptors (Lipinski definition) is 4. The number of methoxy groups -OCH3 is 1. The molecule has 4 rings (SSSR count). The van der Waals surface area contributed by atoms with Gasteiger partial charge in [-0.25, -0.2) is 4.98 Å². The number of hydrogen-bond donors (Lipinski definition) is 0. The van der Waals surface area contributed by atoms with Gasteiger partial charge in [0, 0.05) is 52.5 Å². The number of rotatable bonds is 6. The van der Waals surface area contributed by atoms with Gasteiger partial charge in [0.1, 0.15) is 0 Å². The van der Waals surface area contributed by atoms with E-state index in [1.54, 1.807) is 13.4 Å². The second-order valence-corrected chi connectivity index (χ2v) is 8.59. The molecule has 1 aromatic heterocycles.